The molecule has 10 heteroatoms. The molecule has 1 N–H and O–H groups in total. The summed E-state index contributed by atoms with van der Waals surface area (Å²) in [6, 6.07) is 0. The van der Waals surface area contributed by atoms with Crippen molar-refractivity contribution in [2.45, 2.75) is 74.1 Å². The molecule has 4 atom stereocenters. The lowest BCUT2D eigenvalue weighted by Crippen LogP contribution is -2.74. The number of carbonyl (C=O) groups is 2. The highest BCUT2D eigenvalue weighted by molar-refractivity contribution is 6.21. The van der Waals surface area contributed by atoms with E-state index in [0.717, 1.165) is 42.4 Å². The molecule has 2 amide bonds. The van der Waals surface area contributed by atoms with Crippen LogP contribution in [0.1, 0.15) is 39.0 Å². The maximum absolute atomic E-state index is 14.5. The van der Waals surface area contributed by atoms with Gasteiger partial charge >= 0.3 is 0 Å². The van der Waals surface area contributed by atoms with E-state index in [2.05, 4.69) is 5.32 Å². The molecule has 1 saturated carbocycles. The van der Waals surface area contributed by atoms with E-state index in [-0.39, 0.29) is 30.8 Å². The van der Waals surface area contributed by atoms with Gasteiger partial charge < -0.3 is 9.80 Å². The molecule has 28 heavy (non-hydrogen) atoms. The summed E-state index contributed by atoms with van der Waals surface area (Å²) >= 11 is 12.0. The second kappa shape index (κ2) is 8.56. The van der Waals surface area contributed by atoms with Gasteiger partial charge in [-0.25, -0.2) is 13.2 Å². The van der Waals surface area contributed by atoms with Crippen LogP contribution in [0.3, 0.4) is 0 Å². The predicted octanol–water partition coefficient (Wildman–Crippen LogP) is 2.74. The molecule has 0 aromatic heterocycles. The van der Waals surface area contributed by atoms with Crippen LogP contribution in [0.4, 0.5) is 13.2 Å². The van der Waals surface area contributed by atoms with Crippen LogP contribution in [0.5, 0.6) is 0 Å². The van der Waals surface area contributed by atoms with Gasteiger partial charge in [0, 0.05) is 23.8 Å². The normalized spacial score (nSPS) is 40.3. The van der Waals surface area contributed by atoms with Crippen LogP contribution in [0.15, 0.2) is 0 Å². The average Bonchev–Trinajstić information content (AvgIpc) is 2.63. The highest BCUT2D eigenvalue weighted by atomic mass is 35.5. The van der Waals surface area contributed by atoms with Crippen molar-refractivity contribution in [3.05, 3.63) is 0 Å². The van der Waals surface area contributed by atoms with E-state index in [1.165, 1.54) is 0 Å². The van der Waals surface area contributed by atoms with Gasteiger partial charge in [-0.3, -0.25) is 14.9 Å². The summed E-state index contributed by atoms with van der Waals surface area (Å²) in [5.74, 6) is -1.49. The molecular formula is C18H26Cl2F3N3O2. The SMILES string of the molecule is CC1(C(F)F)C(=O)N(C2NCC(Cl)CC2F)CC(=O)N1CC1CCC(Cl)CC1. The number of carbonyl (C=O) groups excluding carboxylic acids is 2. The number of amides is 2. The van der Waals surface area contributed by atoms with Crippen molar-refractivity contribution in [1.29, 1.82) is 0 Å². The van der Waals surface area contributed by atoms with Gasteiger partial charge in [-0.2, -0.15) is 0 Å². The minimum Gasteiger partial charge on any atom is -0.321 e. The quantitative estimate of drug-likeness (QED) is 0.679. The van der Waals surface area contributed by atoms with E-state index in [9.17, 15) is 22.8 Å². The minimum absolute atomic E-state index is 0.00599. The van der Waals surface area contributed by atoms with Crippen LogP contribution in [-0.2, 0) is 9.59 Å². The molecule has 2 heterocycles. The van der Waals surface area contributed by atoms with Gasteiger partial charge in [-0.1, -0.05) is 0 Å². The summed E-state index contributed by atoms with van der Waals surface area (Å²) in [5, 5.41) is 2.40. The average molecular weight is 444 g/mol. The van der Waals surface area contributed by atoms with E-state index in [1.807, 2.05) is 0 Å². The zero-order valence-corrected chi connectivity index (χ0v) is 17.2. The molecule has 3 rings (SSSR count). The van der Waals surface area contributed by atoms with Crippen molar-refractivity contribution in [3.63, 3.8) is 0 Å². The van der Waals surface area contributed by atoms with E-state index in [1.54, 1.807) is 0 Å². The van der Waals surface area contributed by atoms with Crippen molar-refractivity contribution in [1.82, 2.24) is 15.1 Å². The standard InChI is InChI=1S/C18H26Cl2F3N3O2/c1-18(16(22)23)17(28)25(15-13(21)6-12(20)7-24-15)9-14(27)26(18)8-10-2-4-11(19)5-3-10/h10-13,15-16,24H,2-9H2,1H3. The fourth-order valence-electron chi connectivity index (χ4n) is 4.40. The molecule has 0 aromatic rings. The Kier molecular flexibility index (Phi) is 6.72. The molecule has 1 aliphatic carbocycles. The van der Waals surface area contributed by atoms with Gasteiger partial charge in [0.05, 0.1) is 0 Å². The lowest BCUT2D eigenvalue weighted by Gasteiger charge is -2.51. The van der Waals surface area contributed by atoms with Gasteiger partial charge in [0.15, 0.2) is 5.54 Å². The Morgan fingerprint density at radius 3 is 2.39 bits per heavy atom. The zero-order chi connectivity index (χ0) is 20.6. The van der Waals surface area contributed by atoms with Crippen molar-refractivity contribution in [2.75, 3.05) is 19.6 Å². The highest BCUT2D eigenvalue weighted by Gasteiger charge is 2.57. The van der Waals surface area contributed by atoms with Gasteiger partial charge in [0.2, 0.25) is 5.91 Å². The summed E-state index contributed by atoms with van der Waals surface area (Å²) < 4.78 is 42.7. The van der Waals surface area contributed by atoms with Crippen molar-refractivity contribution in [2.24, 2.45) is 5.92 Å². The zero-order valence-electron chi connectivity index (χ0n) is 15.7. The highest BCUT2D eigenvalue weighted by Crippen LogP contribution is 2.36. The molecule has 4 unspecified atom stereocenters. The topological polar surface area (TPSA) is 52.7 Å². The van der Waals surface area contributed by atoms with Crippen molar-refractivity contribution < 1.29 is 22.8 Å². The molecule has 0 bridgehead atoms. The van der Waals surface area contributed by atoms with E-state index >= 15 is 0 Å². The second-order valence-corrected chi connectivity index (χ2v) is 9.44. The lowest BCUT2D eigenvalue weighted by atomic mass is 9.85. The molecule has 5 nitrogen and oxygen atoms in total. The maximum Gasteiger partial charge on any atom is 0.270 e. The summed E-state index contributed by atoms with van der Waals surface area (Å²) in [4.78, 5) is 27.8. The van der Waals surface area contributed by atoms with Crippen molar-refractivity contribution >= 4 is 35.0 Å². The minimum atomic E-state index is -3.08. The maximum atomic E-state index is 14.5. The summed E-state index contributed by atoms with van der Waals surface area (Å²) in [6.45, 7) is 0.986. The van der Waals surface area contributed by atoms with Crippen LogP contribution >= 0.6 is 23.2 Å². The largest absolute Gasteiger partial charge is 0.321 e. The van der Waals surface area contributed by atoms with Gasteiger partial charge in [0.1, 0.15) is 18.9 Å². The van der Waals surface area contributed by atoms with Crippen LogP contribution in [0.25, 0.3) is 0 Å². The summed E-state index contributed by atoms with van der Waals surface area (Å²) in [7, 11) is 0. The number of hydrogen-bond acceptors (Lipinski definition) is 3. The number of alkyl halides is 5. The van der Waals surface area contributed by atoms with Crippen molar-refractivity contribution in [3.8, 4) is 0 Å². The third-order valence-electron chi connectivity index (χ3n) is 6.21. The third-order valence-corrected chi connectivity index (χ3v) is 6.98. The number of halogens is 5. The van der Waals surface area contributed by atoms with Gasteiger partial charge in [-0.15, -0.1) is 23.2 Å². The Labute approximate surface area is 172 Å². The first-order valence-corrected chi connectivity index (χ1v) is 10.6. The Bertz CT molecular complexity index is 607. The van der Waals surface area contributed by atoms with Crippen LogP contribution in [-0.4, -0.2) is 76.3 Å². The third kappa shape index (κ3) is 4.10. The Hall–Kier alpha value is -0.730. The van der Waals surface area contributed by atoms with Crippen LogP contribution in [0, 0.1) is 5.92 Å². The Morgan fingerprint density at radius 1 is 1.18 bits per heavy atom. The molecule has 160 valence electrons. The lowest BCUT2D eigenvalue weighted by molar-refractivity contribution is -0.181. The second-order valence-electron chi connectivity index (χ2n) is 8.21. The van der Waals surface area contributed by atoms with Gasteiger partial charge in [-0.05, 0) is 44.9 Å². The molecule has 0 radical (unpaired) electrons. The van der Waals surface area contributed by atoms with Crippen LogP contribution < -0.4 is 5.32 Å². The number of nitrogens with one attached hydrogen (secondary N) is 1. The Balaban J connectivity index is 1.80. The molecular weight excluding hydrogens is 418 g/mol. The molecule has 0 aromatic carbocycles. The number of nitrogens with zero attached hydrogens (tertiary/aromatic N) is 2. The van der Waals surface area contributed by atoms with Gasteiger partial charge in [0.25, 0.3) is 12.3 Å². The first-order chi connectivity index (χ1) is 13.1. The molecule has 3 fully saturated rings. The monoisotopic (exact) mass is 443 g/mol. The molecule has 2 saturated heterocycles. The first-order valence-electron chi connectivity index (χ1n) is 9.69. The molecule has 2 aliphatic heterocycles. The fraction of sp³-hybridized carbons (Fsp3) is 0.889. The Morgan fingerprint density at radius 2 is 1.82 bits per heavy atom. The van der Waals surface area contributed by atoms with E-state index in [4.69, 9.17) is 23.2 Å². The van der Waals surface area contributed by atoms with Crippen LogP contribution in [0.2, 0.25) is 0 Å². The number of piperazine rings is 1. The number of rotatable bonds is 4. The molecule has 0 spiro atoms. The first kappa shape index (κ1) is 22.0. The molecule has 3 aliphatic rings. The summed E-state index contributed by atoms with van der Waals surface area (Å²) in [5.41, 5.74) is -2.31. The summed E-state index contributed by atoms with van der Waals surface area (Å²) in [6.07, 6.45) is -2.78. The fourth-order valence-corrected chi connectivity index (χ4v) is 4.91. The predicted molar refractivity (Wildman–Crippen MR) is 100 cm³/mol. The number of piperidine rings is 1. The van der Waals surface area contributed by atoms with E-state index in [0.29, 0.717) is 0 Å². The smallest absolute Gasteiger partial charge is 0.270 e. The van der Waals surface area contributed by atoms with E-state index < -0.39 is 48.0 Å². The number of hydrogen-bond donors (Lipinski definition) is 1.